The molecule has 31 heavy (non-hydrogen) atoms. The fourth-order valence-electron chi connectivity index (χ4n) is 4.12. The maximum atomic E-state index is 10.6. The van der Waals surface area contributed by atoms with Gasteiger partial charge in [-0.3, -0.25) is 9.30 Å². The Balaban J connectivity index is 1.67. The van der Waals surface area contributed by atoms with Gasteiger partial charge >= 0.3 is 0 Å². The summed E-state index contributed by atoms with van der Waals surface area (Å²) in [7, 11) is 0. The lowest BCUT2D eigenvalue weighted by Gasteiger charge is -2.30. The maximum Gasteiger partial charge on any atom is 0.143 e. The van der Waals surface area contributed by atoms with Crippen LogP contribution in [0.1, 0.15) is 23.1 Å². The van der Waals surface area contributed by atoms with Gasteiger partial charge in [-0.05, 0) is 80.4 Å². The van der Waals surface area contributed by atoms with Gasteiger partial charge < -0.3 is 10.4 Å². The number of likely N-dealkylation sites (tertiary alicyclic amines) is 1. The van der Waals surface area contributed by atoms with Crippen LogP contribution in [0.3, 0.4) is 0 Å². The first-order valence-corrected chi connectivity index (χ1v) is 11.3. The summed E-state index contributed by atoms with van der Waals surface area (Å²) >= 11 is 3.53. The number of aryl methyl sites for hydroxylation is 2. The van der Waals surface area contributed by atoms with E-state index in [1.54, 1.807) is 6.07 Å². The molecule has 1 aliphatic heterocycles. The van der Waals surface area contributed by atoms with E-state index in [4.69, 9.17) is 4.98 Å². The largest absolute Gasteiger partial charge is 0.507 e. The number of rotatable bonds is 5. The first-order valence-electron chi connectivity index (χ1n) is 10.5. The quantitative estimate of drug-likeness (QED) is 0.368. The standard InChI is InChI=1S/C25H25BrN4O/c1-16-5-3-6-17(2)23(16)28-25-24(20-14-19(26)7-8-21(20)31)27-22-13-18(9-12-30(22)25)15-29-10-4-11-29/h3,5-9,12-14,28,31H,4,10-11,15H2,1-2H3. The summed E-state index contributed by atoms with van der Waals surface area (Å²) in [5, 5.41) is 14.2. The van der Waals surface area contributed by atoms with Crippen LogP contribution < -0.4 is 5.32 Å². The second kappa shape index (κ2) is 8.02. The highest BCUT2D eigenvalue weighted by Crippen LogP contribution is 2.38. The van der Waals surface area contributed by atoms with Crippen molar-refractivity contribution >= 4 is 33.1 Å². The van der Waals surface area contributed by atoms with Crippen LogP contribution in [0.5, 0.6) is 5.75 Å². The third kappa shape index (κ3) is 3.82. The molecule has 5 rings (SSSR count). The van der Waals surface area contributed by atoms with Crippen molar-refractivity contribution in [1.82, 2.24) is 14.3 Å². The van der Waals surface area contributed by atoms with Gasteiger partial charge in [0.1, 0.15) is 22.9 Å². The normalized spacial score (nSPS) is 14.0. The molecule has 0 aliphatic carbocycles. The van der Waals surface area contributed by atoms with Crippen molar-refractivity contribution in [2.75, 3.05) is 18.4 Å². The second-order valence-electron chi connectivity index (χ2n) is 8.26. The Morgan fingerprint density at radius 1 is 1.06 bits per heavy atom. The van der Waals surface area contributed by atoms with Crippen molar-refractivity contribution in [3.05, 3.63) is 75.9 Å². The molecule has 4 aromatic rings. The van der Waals surface area contributed by atoms with E-state index in [1.165, 1.54) is 12.0 Å². The number of para-hydroxylation sites is 1. The number of anilines is 2. The number of aromatic hydroxyl groups is 1. The van der Waals surface area contributed by atoms with Gasteiger partial charge in [0.2, 0.25) is 0 Å². The van der Waals surface area contributed by atoms with Crippen LogP contribution in [-0.4, -0.2) is 32.5 Å². The van der Waals surface area contributed by atoms with Gasteiger partial charge in [-0.2, -0.15) is 0 Å². The maximum absolute atomic E-state index is 10.6. The summed E-state index contributed by atoms with van der Waals surface area (Å²) in [5.74, 6) is 1.05. The fraction of sp³-hybridized carbons (Fsp3) is 0.240. The summed E-state index contributed by atoms with van der Waals surface area (Å²) in [5.41, 5.74) is 6.91. The number of nitrogens with zero attached hydrogens (tertiary/aromatic N) is 3. The molecule has 0 bridgehead atoms. The van der Waals surface area contributed by atoms with Gasteiger partial charge in [-0.25, -0.2) is 4.98 Å². The second-order valence-corrected chi connectivity index (χ2v) is 9.17. The molecular formula is C25H25BrN4O. The van der Waals surface area contributed by atoms with Crippen LogP contribution in [0.4, 0.5) is 11.5 Å². The van der Waals surface area contributed by atoms with Gasteiger partial charge in [-0.15, -0.1) is 0 Å². The lowest BCUT2D eigenvalue weighted by atomic mass is 10.1. The summed E-state index contributed by atoms with van der Waals surface area (Å²) in [6.07, 6.45) is 3.35. The number of pyridine rings is 1. The monoisotopic (exact) mass is 476 g/mol. The predicted octanol–water partition coefficient (Wildman–Crippen LogP) is 6.04. The molecule has 1 fully saturated rings. The lowest BCUT2D eigenvalue weighted by molar-refractivity contribution is 0.172. The number of hydrogen-bond donors (Lipinski definition) is 2. The lowest BCUT2D eigenvalue weighted by Crippen LogP contribution is -2.36. The molecule has 1 aliphatic rings. The van der Waals surface area contributed by atoms with E-state index in [0.29, 0.717) is 5.56 Å². The predicted molar refractivity (Wildman–Crippen MR) is 129 cm³/mol. The average molecular weight is 477 g/mol. The summed E-state index contributed by atoms with van der Waals surface area (Å²) < 4.78 is 2.97. The molecular weight excluding hydrogens is 452 g/mol. The van der Waals surface area contributed by atoms with Crippen LogP contribution >= 0.6 is 15.9 Å². The summed E-state index contributed by atoms with van der Waals surface area (Å²) in [4.78, 5) is 7.39. The van der Waals surface area contributed by atoms with E-state index >= 15 is 0 Å². The zero-order valence-electron chi connectivity index (χ0n) is 17.7. The van der Waals surface area contributed by atoms with E-state index in [-0.39, 0.29) is 5.75 Å². The van der Waals surface area contributed by atoms with E-state index < -0.39 is 0 Å². The number of nitrogens with one attached hydrogen (secondary N) is 1. The number of aromatic nitrogens is 2. The molecule has 158 valence electrons. The number of fused-ring (bicyclic) bond motifs is 1. The van der Waals surface area contributed by atoms with Crippen molar-refractivity contribution in [3.63, 3.8) is 0 Å². The molecule has 3 heterocycles. The highest BCUT2D eigenvalue weighted by atomic mass is 79.9. The average Bonchev–Trinajstić information content (AvgIpc) is 3.07. The van der Waals surface area contributed by atoms with E-state index in [9.17, 15) is 5.11 Å². The number of halogens is 1. The molecule has 0 saturated carbocycles. The van der Waals surface area contributed by atoms with E-state index in [2.05, 4.69) is 80.9 Å². The Morgan fingerprint density at radius 2 is 1.84 bits per heavy atom. The van der Waals surface area contributed by atoms with E-state index in [0.717, 1.165) is 58.1 Å². The molecule has 0 radical (unpaired) electrons. The fourth-order valence-corrected chi connectivity index (χ4v) is 4.48. The minimum Gasteiger partial charge on any atom is -0.507 e. The molecule has 0 unspecified atom stereocenters. The first-order chi connectivity index (χ1) is 15.0. The Bertz CT molecular complexity index is 1260. The van der Waals surface area contributed by atoms with Gasteiger partial charge in [0.25, 0.3) is 0 Å². The Hall–Kier alpha value is -2.83. The Kier molecular flexibility index (Phi) is 5.20. The first kappa shape index (κ1) is 20.1. The van der Waals surface area contributed by atoms with Crippen LogP contribution in [-0.2, 0) is 6.54 Å². The molecule has 0 atom stereocenters. The third-order valence-corrected chi connectivity index (χ3v) is 6.48. The van der Waals surface area contributed by atoms with Crippen LogP contribution in [0.25, 0.3) is 16.9 Å². The summed E-state index contributed by atoms with van der Waals surface area (Å²) in [6.45, 7) is 7.47. The zero-order valence-corrected chi connectivity index (χ0v) is 19.3. The molecule has 0 spiro atoms. The van der Waals surface area contributed by atoms with Crippen LogP contribution in [0, 0.1) is 13.8 Å². The molecule has 6 heteroatoms. The minimum atomic E-state index is 0.206. The topological polar surface area (TPSA) is 52.8 Å². The molecule has 2 N–H and O–H groups in total. The molecule has 2 aromatic carbocycles. The number of benzene rings is 2. The number of imidazole rings is 1. The number of phenolic OH excluding ortho intramolecular Hbond substituents is 1. The van der Waals surface area contributed by atoms with Gasteiger partial charge in [0, 0.05) is 28.5 Å². The number of hydrogen-bond acceptors (Lipinski definition) is 4. The van der Waals surface area contributed by atoms with Crippen molar-refractivity contribution in [2.24, 2.45) is 0 Å². The van der Waals surface area contributed by atoms with E-state index in [1.807, 2.05) is 12.1 Å². The Morgan fingerprint density at radius 3 is 2.55 bits per heavy atom. The molecule has 2 aromatic heterocycles. The van der Waals surface area contributed by atoms with Gasteiger partial charge in [-0.1, -0.05) is 34.1 Å². The van der Waals surface area contributed by atoms with Crippen LogP contribution in [0.2, 0.25) is 0 Å². The Labute approximate surface area is 190 Å². The van der Waals surface area contributed by atoms with Crippen molar-refractivity contribution in [3.8, 4) is 17.0 Å². The van der Waals surface area contributed by atoms with Crippen molar-refractivity contribution < 1.29 is 5.11 Å². The van der Waals surface area contributed by atoms with Gasteiger partial charge in [0.05, 0.1) is 0 Å². The minimum absolute atomic E-state index is 0.206. The highest BCUT2D eigenvalue weighted by molar-refractivity contribution is 9.10. The summed E-state index contributed by atoms with van der Waals surface area (Å²) in [6, 6.07) is 16.0. The smallest absolute Gasteiger partial charge is 0.143 e. The van der Waals surface area contributed by atoms with Gasteiger partial charge in [0.15, 0.2) is 0 Å². The van der Waals surface area contributed by atoms with Crippen LogP contribution in [0.15, 0.2) is 59.2 Å². The SMILES string of the molecule is Cc1cccc(C)c1Nc1c(-c2cc(Br)ccc2O)nc2cc(CN3CCC3)ccn12. The molecule has 1 saturated heterocycles. The highest BCUT2D eigenvalue weighted by Gasteiger charge is 2.20. The zero-order chi connectivity index (χ0) is 21.5. The third-order valence-electron chi connectivity index (χ3n) is 5.98. The molecule has 5 nitrogen and oxygen atoms in total. The van der Waals surface area contributed by atoms with Crippen molar-refractivity contribution in [1.29, 1.82) is 0 Å². The van der Waals surface area contributed by atoms with Crippen molar-refractivity contribution in [2.45, 2.75) is 26.8 Å². The molecule has 0 amide bonds. The number of phenols is 1.